The molecule has 1 atom stereocenters. The van der Waals surface area contributed by atoms with Gasteiger partial charge in [0.15, 0.2) is 0 Å². The predicted molar refractivity (Wildman–Crippen MR) is 121 cm³/mol. The van der Waals surface area contributed by atoms with Crippen molar-refractivity contribution in [3.8, 4) is 0 Å². The Labute approximate surface area is 162 Å². The van der Waals surface area contributed by atoms with E-state index >= 15 is 0 Å². The van der Waals surface area contributed by atoms with Crippen LogP contribution in [0.3, 0.4) is 0 Å². The van der Waals surface area contributed by atoms with E-state index in [1.165, 1.54) is 38.5 Å². The zero-order valence-electron chi connectivity index (χ0n) is 17.3. The van der Waals surface area contributed by atoms with Crippen LogP contribution in [-0.4, -0.2) is 31.7 Å². The minimum absolute atomic E-state index is 0.0475. The molecule has 0 fully saturated rings. The van der Waals surface area contributed by atoms with Crippen LogP contribution in [-0.2, 0) is 0 Å². The number of benzene rings is 1. The van der Waals surface area contributed by atoms with Crippen LogP contribution < -0.4 is 0 Å². The molecular formula is C23H39PSn. The van der Waals surface area contributed by atoms with Crippen molar-refractivity contribution in [3.05, 3.63) is 39.0 Å². The molecule has 1 aromatic carbocycles. The Balaban J connectivity index is 2.46. The average Bonchev–Trinajstić information content (AvgIpc) is 3.01. The molecule has 0 nitrogen and oxygen atoms in total. The molecule has 0 bridgehead atoms. The quantitative estimate of drug-likeness (QED) is 0.228. The molecule has 1 unspecified atom stereocenters. The molecule has 1 aliphatic carbocycles. The van der Waals surface area contributed by atoms with Gasteiger partial charge in [-0.15, -0.1) is 0 Å². The van der Waals surface area contributed by atoms with Crippen LogP contribution in [0.5, 0.6) is 0 Å². The third-order valence-electron chi connectivity index (χ3n) is 6.05. The molecule has 0 amide bonds. The van der Waals surface area contributed by atoms with Gasteiger partial charge in [-0.3, -0.25) is 0 Å². The zero-order valence-corrected chi connectivity index (χ0v) is 21.0. The van der Waals surface area contributed by atoms with Gasteiger partial charge in [-0.2, -0.15) is 0 Å². The monoisotopic (exact) mass is 466 g/mol. The first-order valence-electron chi connectivity index (χ1n) is 10.6. The van der Waals surface area contributed by atoms with Crippen LogP contribution in [0.4, 0.5) is 0 Å². The van der Waals surface area contributed by atoms with Gasteiger partial charge in [0.25, 0.3) is 0 Å². The SMILES string of the molecule is CCC[CH2][Sn]([CH2]CCC)([CH2]CCC)[C]1=Cc2ccccc2C1P(C)C. The standard InChI is InChI=1S/C11H12P.3C4H9.Sn/c1-12(2)11-8-7-9-5-3-4-6-10(9)11;3*1-3-4-2;/h3-7,11H,1-2H3;3*1,3-4H2,2H3;. The Kier molecular flexibility index (Phi) is 9.03. The van der Waals surface area contributed by atoms with E-state index < -0.39 is 18.4 Å². The predicted octanol–water partition coefficient (Wildman–Crippen LogP) is 8.25. The minimum atomic E-state index is -2.30. The first kappa shape index (κ1) is 21.5. The van der Waals surface area contributed by atoms with Crippen molar-refractivity contribution in [1.29, 1.82) is 0 Å². The molecule has 1 aliphatic rings. The summed E-state index contributed by atoms with van der Waals surface area (Å²) in [5.41, 5.74) is 4.01. The Morgan fingerprint density at radius 3 is 1.84 bits per heavy atom. The van der Waals surface area contributed by atoms with Crippen LogP contribution in [0.2, 0.25) is 13.3 Å². The fourth-order valence-electron chi connectivity index (χ4n) is 4.66. The summed E-state index contributed by atoms with van der Waals surface area (Å²) < 4.78 is 6.82. The maximum absolute atomic E-state index is 2.71. The summed E-state index contributed by atoms with van der Waals surface area (Å²) in [5.74, 6) is 0. The number of unbranched alkanes of at least 4 members (excludes halogenated alkanes) is 3. The maximum atomic E-state index is 2.71. The van der Waals surface area contributed by atoms with Gasteiger partial charge in [0.05, 0.1) is 0 Å². The third-order valence-corrected chi connectivity index (χ3v) is 24.3. The van der Waals surface area contributed by atoms with E-state index in [1.54, 1.807) is 24.4 Å². The summed E-state index contributed by atoms with van der Waals surface area (Å²) >= 11 is -2.30. The molecule has 0 saturated carbocycles. The van der Waals surface area contributed by atoms with Gasteiger partial charge in [-0.1, -0.05) is 0 Å². The second-order valence-corrected chi connectivity index (χ2v) is 23.9. The van der Waals surface area contributed by atoms with E-state index in [2.05, 4.69) is 64.4 Å². The van der Waals surface area contributed by atoms with Crippen molar-refractivity contribution in [3.63, 3.8) is 0 Å². The molecule has 0 saturated heterocycles. The second-order valence-electron chi connectivity index (χ2n) is 8.19. The molecule has 0 spiro atoms. The number of allylic oxidation sites excluding steroid dienone is 1. The molecule has 0 aromatic heterocycles. The number of hydrogen-bond acceptors (Lipinski definition) is 0. The van der Waals surface area contributed by atoms with Crippen LogP contribution in [0, 0.1) is 0 Å². The molecule has 2 rings (SSSR count). The normalized spacial score (nSPS) is 17.0. The van der Waals surface area contributed by atoms with Crippen molar-refractivity contribution in [2.45, 2.75) is 78.3 Å². The summed E-state index contributed by atoms with van der Waals surface area (Å²) in [6, 6.07) is 9.32. The summed E-state index contributed by atoms with van der Waals surface area (Å²) in [6.07, 6.45) is 11.2. The molecule has 25 heavy (non-hydrogen) atoms. The molecule has 140 valence electrons. The van der Waals surface area contributed by atoms with Gasteiger partial charge in [-0.25, -0.2) is 0 Å². The number of rotatable bonds is 11. The number of fused-ring (bicyclic) bond motifs is 1. The first-order valence-corrected chi connectivity index (χ1v) is 20.4. The van der Waals surface area contributed by atoms with Crippen molar-refractivity contribution < 1.29 is 0 Å². The van der Waals surface area contributed by atoms with Crippen LogP contribution in [0.15, 0.2) is 27.9 Å². The van der Waals surface area contributed by atoms with Crippen molar-refractivity contribution in [2.24, 2.45) is 0 Å². The van der Waals surface area contributed by atoms with Gasteiger partial charge >= 0.3 is 163 Å². The summed E-state index contributed by atoms with van der Waals surface area (Å²) in [4.78, 5) is 0. The molecule has 0 radical (unpaired) electrons. The summed E-state index contributed by atoms with van der Waals surface area (Å²) in [7, 11) is 0.0475. The van der Waals surface area contributed by atoms with E-state index in [4.69, 9.17) is 0 Å². The molecule has 1 aromatic rings. The molecule has 0 N–H and O–H groups in total. The van der Waals surface area contributed by atoms with Crippen molar-refractivity contribution >= 4 is 32.4 Å². The summed E-state index contributed by atoms with van der Waals surface area (Å²) in [6.45, 7) is 12.2. The van der Waals surface area contributed by atoms with Gasteiger partial charge < -0.3 is 0 Å². The van der Waals surface area contributed by atoms with E-state index in [-0.39, 0.29) is 7.92 Å². The van der Waals surface area contributed by atoms with Crippen LogP contribution in [0.1, 0.15) is 76.1 Å². The zero-order chi connectivity index (χ0) is 18.3. The Morgan fingerprint density at radius 1 is 0.840 bits per heavy atom. The van der Waals surface area contributed by atoms with Crippen molar-refractivity contribution in [1.82, 2.24) is 0 Å². The first-order chi connectivity index (χ1) is 12.1. The van der Waals surface area contributed by atoms with Gasteiger partial charge in [0, 0.05) is 0 Å². The van der Waals surface area contributed by atoms with Crippen LogP contribution >= 0.6 is 7.92 Å². The molecular weight excluding hydrogens is 426 g/mol. The topological polar surface area (TPSA) is 0 Å². The number of hydrogen-bond donors (Lipinski definition) is 0. The fraction of sp³-hybridized carbons (Fsp3) is 0.652. The van der Waals surface area contributed by atoms with Gasteiger partial charge in [0.2, 0.25) is 0 Å². The second kappa shape index (κ2) is 10.5. The Bertz CT molecular complexity index is 539. The third kappa shape index (κ3) is 5.13. The van der Waals surface area contributed by atoms with E-state index in [9.17, 15) is 0 Å². The molecule has 2 heteroatoms. The molecule has 0 heterocycles. The van der Waals surface area contributed by atoms with E-state index in [1.807, 2.05) is 3.59 Å². The van der Waals surface area contributed by atoms with Gasteiger partial charge in [0.1, 0.15) is 0 Å². The summed E-state index contributed by atoms with van der Waals surface area (Å²) in [5, 5.41) is 0. The van der Waals surface area contributed by atoms with E-state index in [0.29, 0.717) is 0 Å². The molecule has 0 aliphatic heterocycles. The fourth-order valence-corrected chi connectivity index (χ4v) is 27.0. The van der Waals surface area contributed by atoms with Crippen molar-refractivity contribution in [2.75, 3.05) is 13.3 Å². The van der Waals surface area contributed by atoms with Crippen LogP contribution in [0.25, 0.3) is 6.08 Å². The van der Waals surface area contributed by atoms with Gasteiger partial charge in [-0.05, 0) is 0 Å². The van der Waals surface area contributed by atoms with E-state index in [0.717, 1.165) is 5.66 Å². The Hall–Kier alpha value is 0.189. The average molecular weight is 465 g/mol. The Morgan fingerprint density at radius 2 is 1.36 bits per heavy atom.